The van der Waals surface area contributed by atoms with Crippen molar-refractivity contribution in [1.29, 1.82) is 0 Å². The molecule has 1 heterocycles. The fraction of sp³-hybridized carbons (Fsp3) is 0.500. The lowest BCUT2D eigenvalue weighted by molar-refractivity contribution is -0.130. The number of aryl methyl sites for hydroxylation is 1. The first-order valence-electron chi connectivity index (χ1n) is 8.58. The minimum absolute atomic E-state index is 0.0178. The summed E-state index contributed by atoms with van der Waals surface area (Å²) in [5, 5.41) is 18.4. The molecule has 0 unspecified atom stereocenters. The van der Waals surface area contributed by atoms with Gasteiger partial charge in [0.2, 0.25) is 0 Å². The quantitative estimate of drug-likeness (QED) is 0.907. The summed E-state index contributed by atoms with van der Waals surface area (Å²) in [6.07, 6.45) is 0.400. The molecule has 0 fully saturated rings. The number of nitrogens with zero attached hydrogens (tertiary/aromatic N) is 1. The van der Waals surface area contributed by atoms with Crippen LogP contribution < -0.4 is 0 Å². The van der Waals surface area contributed by atoms with Gasteiger partial charge in [-0.05, 0) is 37.8 Å². The zero-order chi connectivity index (χ0) is 17.6. The average molecular weight is 326 g/mol. The number of benzene rings is 1. The van der Waals surface area contributed by atoms with Crippen molar-refractivity contribution in [3.63, 3.8) is 0 Å². The molecule has 1 aliphatic rings. The van der Waals surface area contributed by atoms with E-state index in [1.54, 1.807) is 13.8 Å². The largest absolute Gasteiger partial charge is 0.389 e. The summed E-state index contributed by atoms with van der Waals surface area (Å²) in [6.45, 7) is 9.64. The van der Waals surface area contributed by atoms with Crippen molar-refractivity contribution in [2.45, 2.75) is 58.5 Å². The van der Waals surface area contributed by atoms with Crippen LogP contribution in [0.1, 0.15) is 67.6 Å². The number of hydrogen-bond acceptors (Lipinski definition) is 3. The fourth-order valence-electron chi connectivity index (χ4n) is 4.13. The molecule has 0 bridgehead atoms. The molecule has 128 valence electrons. The van der Waals surface area contributed by atoms with Crippen LogP contribution in [0, 0.1) is 12.8 Å². The molecule has 0 amide bonds. The van der Waals surface area contributed by atoms with Gasteiger partial charge in [-0.1, -0.05) is 38.1 Å². The number of aromatic amines is 1. The van der Waals surface area contributed by atoms with Gasteiger partial charge >= 0.3 is 0 Å². The van der Waals surface area contributed by atoms with Crippen LogP contribution in [-0.4, -0.2) is 26.7 Å². The van der Waals surface area contributed by atoms with E-state index in [0.717, 1.165) is 22.5 Å². The van der Waals surface area contributed by atoms with Crippen LogP contribution in [0.5, 0.6) is 0 Å². The van der Waals surface area contributed by atoms with E-state index in [-0.39, 0.29) is 11.7 Å². The highest BCUT2D eigenvalue weighted by Crippen LogP contribution is 2.46. The predicted molar refractivity (Wildman–Crippen MR) is 94.2 cm³/mol. The number of hydrogen-bond donors (Lipinski definition) is 2. The van der Waals surface area contributed by atoms with Gasteiger partial charge in [-0.3, -0.25) is 9.89 Å². The molecule has 0 radical (unpaired) electrons. The van der Waals surface area contributed by atoms with E-state index in [2.05, 4.69) is 48.3 Å². The van der Waals surface area contributed by atoms with Gasteiger partial charge < -0.3 is 5.11 Å². The Bertz CT molecular complexity index is 756. The van der Waals surface area contributed by atoms with Crippen molar-refractivity contribution in [2.75, 3.05) is 0 Å². The van der Waals surface area contributed by atoms with Crippen LogP contribution in [0.25, 0.3) is 0 Å². The Hall–Kier alpha value is -1.94. The number of H-pyrrole nitrogens is 1. The highest BCUT2D eigenvalue weighted by molar-refractivity contribution is 5.82. The normalized spacial score (nSPS) is 26.5. The number of ketones is 1. The van der Waals surface area contributed by atoms with Crippen molar-refractivity contribution >= 4 is 5.78 Å². The molecular weight excluding hydrogens is 300 g/mol. The molecule has 1 aliphatic carbocycles. The SMILES string of the molecule is CC(=O)[C@@H]1[C@@H](c2ccc(C(C)C)cc2)c2c(n[nH]c2C)C[C@]1(C)O. The minimum atomic E-state index is -1.10. The van der Waals surface area contributed by atoms with Gasteiger partial charge in [0.25, 0.3) is 0 Å². The molecular formula is C20H26N2O2. The van der Waals surface area contributed by atoms with Crippen molar-refractivity contribution in [2.24, 2.45) is 5.92 Å². The molecule has 4 heteroatoms. The fourth-order valence-corrected chi connectivity index (χ4v) is 4.13. The van der Waals surface area contributed by atoms with Crippen molar-refractivity contribution in [3.05, 3.63) is 52.3 Å². The van der Waals surface area contributed by atoms with Gasteiger partial charge in [0.05, 0.1) is 17.2 Å². The third-order valence-electron chi connectivity index (χ3n) is 5.31. The number of aliphatic hydroxyl groups is 1. The molecule has 3 atom stereocenters. The average Bonchev–Trinajstić information content (AvgIpc) is 2.85. The van der Waals surface area contributed by atoms with E-state index in [0.29, 0.717) is 12.3 Å². The van der Waals surface area contributed by atoms with Gasteiger partial charge in [-0.15, -0.1) is 0 Å². The Morgan fingerprint density at radius 3 is 2.50 bits per heavy atom. The van der Waals surface area contributed by atoms with Gasteiger partial charge in [0.15, 0.2) is 0 Å². The molecule has 2 aromatic rings. The van der Waals surface area contributed by atoms with Gasteiger partial charge in [-0.2, -0.15) is 5.10 Å². The lowest BCUT2D eigenvalue weighted by Gasteiger charge is -2.41. The Labute approximate surface area is 143 Å². The Morgan fingerprint density at radius 2 is 1.96 bits per heavy atom. The molecule has 1 aromatic carbocycles. The number of fused-ring (bicyclic) bond motifs is 1. The zero-order valence-electron chi connectivity index (χ0n) is 15.1. The molecule has 0 spiro atoms. The third-order valence-corrected chi connectivity index (χ3v) is 5.31. The predicted octanol–water partition coefficient (Wildman–Crippen LogP) is 3.49. The summed E-state index contributed by atoms with van der Waals surface area (Å²) >= 11 is 0. The van der Waals surface area contributed by atoms with E-state index >= 15 is 0 Å². The van der Waals surface area contributed by atoms with Crippen LogP contribution >= 0.6 is 0 Å². The van der Waals surface area contributed by atoms with Gasteiger partial charge in [-0.25, -0.2) is 0 Å². The second-order valence-electron chi connectivity index (χ2n) is 7.63. The Morgan fingerprint density at radius 1 is 1.33 bits per heavy atom. The van der Waals surface area contributed by atoms with Gasteiger partial charge in [0.1, 0.15) is 5.78 Å². The van der Waals surface area contributed by atoms with E-state index in [1.165, 1.54) is 5.56 Å². The van der Waals surface area contributed by atoms with Crippen LogP contribution in [0.3, 0.4) is 0 Å². The van der Waals surface area contributed by atoms with Crippen LogP contribution in [0.4, 0.5) is 0 Å². The van der Waals surface area contributed by atoms with Gasteiger partial charge in [0, 0.05) is 23.6 Å². The summed E-state index contributed by atoms with van der Waals surface area (Å²) in [4.78, 5) is 12.4. The van der Waals surface area contributed by atoms with Crippen LogP contribution in [-0.2, 0) is 11.2 Å². The first-order chi connectivity index (χ1) is 11.2. The van der Waals surface area contributed by atoms with Crippen LogP contribution in [0.15, 0.2) is 24.3 Å². The number of carbonyl (C=O) groups excluding carboxylic acids is 1. The number of nitrogens with one attached hydrogen (secondary N) is 1. The van der Waals surface area contributed by atoms with Crippen molar-refractivity contribution in [3.8, 4) is 0 Å². The second-order valence-corrected chi connectivity index (χ2v) is 7.63. The lowest BCUT2D eigenvalue weighted by atomic mass is 9.64. The monoisotopic (exact) mass is 326 g/mol. The first kappa shape index (κ1) is 16.9. The molecule has 0 saturated carbocycles. The standard InChI is InChI=1S/C20H26N2O2/c1-11(2)14-6-8-15(9-7-14)18-17-12(3)21-22-16(17)10-20(5,24)19(18)13(4)23/h6-9,11,18-19,24H,10H2,1-5H3,(H,21,22)/t18-,19+,20-/m0/s1. The summed E-state index contributed by atoms with van der Waals surface area (Å²) < 4.78 is 0. The lowest BCUT2D eigenvalue weighted by Crippen LogP contribution is -2.48. The highest BCUT2D eigenvalue weighted by atomic mass is 16.3. The summed E-state index contributed by atoms with van der Waals surface area (Å²) in [6, 6.07) is 8.42. The number of rotatable bonds is 3. The first-order valence-corrected chi connectivity index (χ1v) is 8.58. The molecule has 0 aliphatic heterocycles. The zero-order valence-corrected chi connectivity index (χ0v) is 15.1. The Kier molecular flexibility index (Phi) is 4.12. The summed E-state index contributed by atoms with van der Waals surface area (Å²) in [5.74, 6) is -0.153. The van der Waals surface area contributed by atoms with E-state index in [9.17, 15) is 9.90 Å². The summed E-state index contributed by atoms with van der Waals surface area (Å²) in [5.41, 5.74) is 4.15. The second kappa shape index (κ2) is 5.85. The maximum atomic E-state index is 12.4. The molecule has 0 saturated heterocycles. The topological polar surface area (TPSA) is 66.0 Å². The maximum absolute atomic E-state index is 12.4. The summed E-state index contributed by atoms with van der Waals surface area (Å²) in [7, 11) is 0. The molecule has 2 N–H and O–H groups in total. The number of aromatic nitrogens is 2. The highest BCUT2D eigenvalue weighted by Gasteiger charge is 2.48. The van der Waals surface area contributed by atoms with E-state index < -0.39 is 11.5 Å². The molecule has 3 rings (SSSR count). The molecule has 4 nitrogen and oxygen atoms in total. The van der Waals surface area contributed by atoms with Crippen molar-refractivity contribution in [1.82, 2.24) is 10.2 Å². The number of Topliss-reactive ketones (excluding diaryl/α,β-unsaturated/α-hetero) is 1. The smallest absolute Gasteiger partial charge is 0.136 e. The number of carbonyl (C=O) groups is 1. The van der Waals surface area contributed by atoms with E-state index in [1.807, 2.05) is 6.92 Å². The van der Waals surface area contributed by atoms with Crippen LogP contribution in [0.2, 0.25) is 0 Å². The minimum Gasteiger partial charge on any atom is -0.389 e. The Balaban J connectivity index is 2.17. The molecule has 24 heavy (non-hydrogen) atoms. The third kappa shape index (κ3) is 2.69. The maximum Gasteiger partial charge on any atom is 0.136 e. The van der Waals surface area contributed by atoms with Crippen molar-refractivity contribution < 1.29 is 9.90 Å². The van der Waals surface area contributed by atoms with E-state index in [4.69, 9.17) is 0 Å². The molecule has 1 aromatic heterocycles.